The third-order valence-electron chi connectivity index (χ3n) is 2.30. The molecule has 0 radical (unpaired) electrons. The van der Waals surface area contributed by atoms with Gasteiger partial charge >= 0.3 is 0 Å². The molecule has 1 aliphatic rings. The molecule has 0 amide bonds. The van der Waals surface area contributed by atoms with Gasteiger partial charge in [-0.05, 0) is 12.8 Å². The SMILES string of the molecule is BC1CCC(OC)CC1. The maximum atomic E-state index is 5.24. The molecule has 1 aliphatic carbocycles. The Balaban J connectivity index is 2.18. The molecule has 0 spiro atoms. The summed E-state index contributed by atoms with van der Waals surface area (Å²) in [7, 11) is 4.15. The average molecular weight is 126 g/mol. The van der Waals surface area contributed by atoms with Gasteiger partial charge in [0.2, 0.25) is 0 Å². The normalized spacial score (nSPS) is 36.6. The van der Waals surface area contributed by atoms with Gasteiger partial charge in [0.1, 0.15) is 7.85 Å². The van der Waals surface area contributed by atoms with E-state index in [1.807, 2.05) is 7.11 Å². The number of ether oxygens (including phenoxy) is 1. The summed E-state index contributed by atoms with van der Waals surface area (Å²) in [6.07, 6.45) is 5.84. The van der Waals surface area contributed by atoms with Gasteiger partial charge in [0, 0.05) is 7.11 Å². The summed E-state index contributed by atoms with van der Waals surface area (Å²) in [5.74, 6) is 0.941. The maximum absolute atomic E-state index is 5.24. The molecule has 0 aromatic rings. The Morgan fingerprint density at radius 1 is 1.22 bits per heavy atom. The average Bonchev–Trinajstić information content (AvgIpc) is 1.90. The summed E-state index contributed by atoms with van der Waals surface area (Å²) in [5, 5.41) is 0. The zero-order valence-corrected chi connectivity index (χ0v) is 6.39. The van der Waals surface area contributed by atoms with Crippen LogP contribution in [0, 0.1) is 0 Å². The first-order chi connectivity index (χ1) is 4.33. The highest BCUT2D eigenvalue weighted by Gasteiger charge is 2.16. The van der Waals surface area contributed by atoms with Crippen LogP contribution in [0.4, 0.5) is 0 Å². The highest BCUT2D eigenvalue weighted by atomic mass is 16.5. The van der Waals surface area contributed by atoms with Crippen molar-refractivity contribution in [2.24, 2.45) is 0 Å². The monoisotopic (exact) mass is 126 g/mol. The van der Waals surface area contributed by atoms with Crippen molar-refractivity contribution in [1.29, 1.82) is 0 Å². The Bertz CT molecular complexity index is 77.0. The number of hydrogen-bond donors (Lipinski definition) is 0. The molecular weight excluding hydrogens is 111 g/mol. The first-order valence-electron chi connectivity index (χ1n) is 3.85. The topological polar surface area (TPSA) is 9.23 Å². The highest BCUT2D eigenvalue weighted by Crippen LogP contribution is 2.27. The minimum Gasteiger partial charge on any atom is -0.381 e. The van der Waals surface area contributed by atoms with E-state index in [1.54, 1.807) is 0 Å². The number of hydrogen-bond acceptors (Lipinski definition) is 1. The Hall–Kier alpha value is 0.0249. The fourth-order valence-corrected chi connectivity index (χ4v) is 1.47. The first kappa shape index (κ1) is 7.14. The summed E-state index contributed by atoms with van der Waals surface area (Å²) in [6, 6.07) is 0. The third-order valence-corrected chi connectivity index (χ3v) is 2.30. The summed E-state index contributed by atoms with van der Waals surface area (Å²) >= 11 is 0. The Kier molecular flexibility index (Phi) is 2.58. The van der Waals surface area contributed by atoms with Crippen molar-refractivity contribution in [3.05, 3.63) is 0 Å². The summed E-state index contributed by atoms with van der Waals surface area (Å²) in [5.41, 5.74) is 0. The van der Waals surface area contributed by atoms with Crippen molar-refractivity contribution in [2.75, 3.05) is 7.11 Å². The zero-order valence-electron chi connectivity index (χ0n) is 6.39. The van der Waals surface area contributed by atoms with Gasteiger partial charge < -0.3 is 4.74 Å². The molecular formula is C7H15BO. The molecule has 0 unspecified atom stereocenters. The van der Waals surface area contributed by atoms with Gasteiger partial charge in [0.05, 0.1) is 6.10 Å². The summed E-state index contributed by atoms with van der Waals surface area (Å²) in [4.78, 5) is 0. The van der Waals surface area contributed by atoms with Crippen LogP contribution in [0.3, 0.4) is 0 Å². The van der Waals surface area contributed by atoms with Gasteiger partial charge in [0.15, 0.2) is 0 Å². The minimum atomic E-state index is 0.571. The lowest BCUT2D eigenvalue weighted by Crippen LogP contribution is -2.17. The molecule has 0 heterocycles. The Labute approximate surface area is 58.2 Å². The molecule has 0 aromatic carbocycles. The second kappa shape index (κ2) is 3.26. The lowest BCUT2D eigenvalue weighted by atomic mass is 9.75. The molecule has 1 rings (SSSR count). The first-order valence-corrected chi connectivity index (χ1v) is 3.85. The van der Waals surface area contributed by atoms with Crippen LogP contribution in [0.2, 0.25) is 5.82 Å². The maximum Gasteiger partial charge on any atom is 0.105 e. The molecule has 2 heteroatoms. The predicted octanol–water partition coefficient (Wildman–Crippen LogP) is 0.997. The van der Waals surface area contributed by atoms with Gasteiger partial charge in [-0.2, -0.15) is 0 Å². The minimum absolute atomic E-state index is 0.571. The fourth-order valence-electron chi connectivity index (χ4n) is 1.47. The number of rotatable bonds is 1. The second-order valence-corrected chi connectivity index (χ2v) is 3.12. The molecule has 52 valence electrons. The largest absolute Gasteiger partial charge is 0.381 e. The van der Waals surface area contributed by atoms with Crippen molar-refractivity contribution in [1.82, 2.24) is 0 Å². The van der Waals surface area contributed by atoms with E-state index in [2.05, 4.69) is 7.85 Å². The molecule has 1 saturated carbocycles. The zero-order chi connectivity index (χ0) is 6.69. The van der Waals surface area contributed by atoms with Crippen molar-refractivity contribution in [3.8, 4) is 0 Å². The van der Waals surface area contributed by atoms with Gasteiger partial charge in [-0.1, -0.05) is 18.7 Å². The van der Waals surface area contributed by atoms with Gasteiger partial charge in [-0.3, -0.25) is 0 Å². The van der Waals surface area contributed by atoms with E-state index < -0.39 is 0 Å². The molecule has 0 atom stereocenters. The van der Waals surface area contributed by atoms with E-state index in [-0.39, 0.29) is 0 Å². The molecule has 0 saturated heterocycles. The van der Waals surface area contributed by atoms with Gasteiger partial charge in [0.25, 0.3) is 0 Å². The molecule has 9 heavy (non-hydrogen) atoms. The summed E-state index contributed by atoms with van der Waals surface area (Å²) in [6.45, 7) is 0. The third kappa shape index (κ3) is 2.01. The Morgan fingerprint density at radius 3 is 2.22 bits per heavy atom. The van der Waals surface area contributed by atoms with E-state index in [1.165, 1.54) is 25.7 Å². The highest BCUT2D eigenvalue weighted by molar-refractivity contribution is 6.11. The van der Waals surface area contributed by atoms with E-state index in [9.17, 15) is 0 Å². The number of methoxy groups -OCH3 is 1. The quantitative estimate of drug-likeness (QED) is 0.476. The van der Waals surface area contributed by atoms with Crippen LogP contribution in [-0.4, -0.2) is 21.1 Å². The van der Waals surface area contributed by atoms with Crippen LogP contribution in [-0.2, 0) is 4.74 Å². The van der Waals surface area contributed by atoms with Crippen molar-refractivity contribution in [2.45, 2.75) is 37.6 Å². The molecule has 0 aliphatic heterocycles. The smallest absolute Gasteiger partial charge is 0.105 e. The fraction of sp³-hybridized carbons (Fsp3) is 1.00. The van der Waals surface area contributed by atoms with Crippen LogP contribution in [0.25, 0.3) is 0 Å². The molecule has 0 N–H and O–H groups in total. The van der Waals surface area contributed by atoms with E-state index in [0.29, 0.717) is 6.10 Å². The predicted molar refractivity (Wildman–Crippen MR) is 41.6 cm³/mol. The van der Waals surface area contributed by atoms with Crippen LogP contribution in [0.1, 0.15) is 25.7 Å². The lowest BCUT2D eigenvalue weighted by molar-refractivity contribution is 0.0712. The molecule has 0 aromatic heterocycles. The van der Waals surface area contributed by atoms with Crippen molar-refractivity contribution >= 4 is 7.85 Å². The Morgan fingerprint density at radius 2 is 1.78 bits per heavy atom. The van der Waals surface area contributed by atoms with Crippen LogP contribution >= 0.6 is 0 Å². The van der Waals surface area contributed by atoms with Crippen molar-refractivity contribution in [3.63, 3.8) is 0 Å². The van der Waals surface area contributed by atoms with E-state index in [4.69, 9.17) is 4.74 Å². The van der Waals surface area contributed by atoms with E-state index in [0.717, 1.165) is 5.82 Å². The van der Waals surface area contributed by atoms with Crippen LogP contribution in [0.15, 0.2) is 0 Å². The standard InChI is InChI=1S/C7H15BO/c1-9-7-4-2-6(8)3-5-7/h6-7H,2-5,8H2,1H3. The second-order valence-electron chi connectivity index (χ2n) is 3.12. The molecule has 1 fully saturated rings. The van der Waals surface area contributed by atoms with Gasteiger partial charge in [-0.25, -0.2) is 0 Å². The van der Waals surface area contributed by atoms with Gasteiger partial charge in [-0.15, -0.1) is 0 Å². The summed E-state index contributed by atoms with van der Waals surface area (Å²) < 4.78 is 5.24. The van der Waals surface area contributed by atoms with Crippen LogP contribution in [0.5, 0.6) is 0 Å². The van der Waals surface area contributed by atoms with E-state index >= 15 is 0 Å². The molecule has 1 nitrogen and oxygen atoms in total. The van der Waals surface area contributed by atoms with Crippen LogP contribution < -0.4 is 0 Å². The van der Waals surface area contributed by atoms with Crippen molar-refractivity contribution < 1.29 is 4.74 Å². The lowest BCUT2D eigenvalue weighted by Gasteiger charge is -2.24. The molecule has 0 bridgehead atoms.